The van der Waals surface area contributed by atoms with Gasteiger partial charge in [-0.1, -0.05) is 167 Å². The molecule has 0 N–H and O–H groups in total. The van der Waals surface area contributed by atoms with E-state index in [4.69, 9.17) is 0 Å². The molecule has 0 saturated carbocycles. The van der Waals surface area contributed by atoms with E-state index >= 15 is 0 Å². The molecule has 0 nitrogen and oxygen atoms in total. The van der Waals surface area contributed by atoms with E-state index in [1.807, 2.05) is 0 Å². The zero-order valence-electron chi connectivity index (χ0n) is 34.2. The predicted octanol–water partition coefficient (Wildman–Crippen LogP) is 16.2. The summed E-state index contributed by atoms with van der Waals surface area (Å²) < 4.78 is 0. The summed E-state index contributed by atoms with van der Waals surface area (Å²) in [6, 6.07) is 67.0. The minimum Gasteiger partial charge on any atom is -0.0619 e. The fourth-order valence-electron chi connectivity index (χ4n) is 11.0. The fourth-order valence-corrected chi connectivity index (χ4v) is 11.0. The van der Waals surface area contributed by atoms with Crippen LogP contribution in [0.15, 0.2) is 176 Å². The van der Waals surface area contributed by atoms with Crippen molar-refractivity contribution in [3.8, 4) is 55.6 Å². The van der Waals surface area contributed by atoms with Crippen LogP contribution in [0.2, 0.25) is 0 Å². The van der Waals surface area contributed by atoms with Gasteiger partial charge in [0.15, 0.2) is 0 Å². The van der Waals surface area contributed by atoms with Gasteiger partial charge in [-0.15, -0.1) is 0 Å². The van der Waals surface area contributed by atoms with Crippen LogP contribution in [0, 0.1) is 6.92 Å². The van der Waals surface area contributed by atoms with Gasteiger partial charge in [0.1, 0.15) is 0 Å². The van der Waals surface area contributed by atoms with Crippen LogP contribution >= 0.6 is 0 Å². The quantitative estimate of drug-likeness (QED) is 0.158. The lowest BCUT2D eigenvalue weighted by Crippen LogP contribution is -2.14. The van der Waals surface area contributed by atoms with Crippen LogP contribution in [-0.2, 0) is 10.8 Å². The first kappa shape index (κ1) is 34.3. The van der Waals surface area contributed by atoms with Gasteiger partial charge >= 0.3 is 0 Å². The molecule has 0 aromatic heterocycles. The van der Waals surface area contributed by atoms with Gasteiger partial charge in [-0.25, -0.2) is 0 Å². The zero-order chi connectivity index (χ0) is 39.8. The molecule has 2 aliphatic rings. The van der Waals surface area contributed by atoms with E-state index in [1.165, 1.54) is 127 Å². The van der Waals surface area contributed by atoms with Crippen LogP contribution in [0.25, 0.3) is 98.7 Å². The highest BCUT2D eigenvalue weighted by molar-refractivity contribution is 6.24. The molecule has 10 aromatic rings. The molecule has 0 spiro atoms. The molecule has 0 heteroatoms. The van der Waals surface area contributed by atoms with Crippen molar-refractivity contribution in [3.63, 3.8) is 0 Å². The summed E-state index contributed by atoms with van der Waals surface area (Å²) in [6.45, 7) is 11.8. The Morgan fingerprint density at radius 1 is 0.271 bits per heavy atom. The first-order chi connectivity index (χ1) is 28.7. The van der Waals surface area contributed by atoms with Gasteiger partial charge in [0, 0.05) is 10.8 Å². The van der Waals surface area contributed by atoms with Gasteiger partial charge < -0.3 is 0 Å². The SMILES string of the molecule is Cc1cc2c(-c3ccc4c(c3)C(C)(C)c3ccccc3-4)cc3c4ccccc4c(-c4ccc5c(c4)C(C)(C)c4ccccc4-5)cc3c2cc1-c1ccc2ccccc2c1. The molecule has 280 valence electrons. The van der Waals surface area contributed by atoms with Crippen molar-refractivity contribution >= 4 is 43.1 Å². The lowest BCUT2D eigenvalue weighted by atomic mass is 9.80. The van der Waals surface area contributed by atoms with Crippen molar-refractivity contribution in [3.05, 3.63) is 204 Å². The molecule has 0 saturated heterocycles. The Balaban J connectivity index is 1.15. The standard InChI is InChI=1S/C59H44/c1-35-28-50-49(40-25-27-46-44-19-11-13-21-55(44)59(4,5)57(46)31-40)34-51-42-17-9-8-16-41(42)48(39-24-26-45-43-18-10-12-20-54(43)58(2,3)56(45)30-39)33-53(51)52(50)32-47(35)38-23-22-36-14-6-7-15-37(36)29-38/h6-34H,1-5H3. The predicted molar refractivity (Wildman–Crippen MR) is 253 cm³/mol. The van der Waals surface area contributed by atoms with E-state index in [-0.39, 0.29) is 10.8 Å². The Bertz CT molecular complexity index is 3440. The smallest absolute Gasteiger partial charge is 0.0159 e. The Kier molecular flexibility index (Phi) is 7.05. The van der Waals surface area contributed by atoms with Gasteiger partial charge in [-0.3, -0.25) is 0 Å². The molecule has 0 atom stereocenters. The minimum atomic E-state index is -0.0822. The highest BCUT2D eigenvalue weighted by Gasteiger charge is 2.36. The number of benzene rings is 10. The third-order valence-corrected chi connectivity index (χ3v) is 14.2. The monoisotopic (exact) mass is 752 g/mol. The molecule has 12 rings (SSSR count). The van der Waals surface area contributed by atoms with E-state index in [0.717, 1.165) is 0 Å². The van der Waals surface area contributed by atoms with Crippen molar-refractivity contribution in [1.29, 1.82) is 0 Å². The Morgan fingerprint density at radius 2 is 0.712 bits per heavy atom. The number of hydrogen-bond acceptors (Lipinski definition) is 0. The topological polar surface area (TPSA) is 0 Å². The molecule has 0 amide bonds. The minimum absolute atomic E-state index is 0.0751. The van der Waals surface area contributed by atoms with Gasteiger partial charge in [0.25, 0.3) is 0 Å². The number of hydrogen-bond donors (Lipinski definition) is 0. The lowest BCUT2D eigenvalue weighted by molar-refractivity contribution is 0.660. The van der Waals surface area contributed by atoms with Crippen LogP contribution in [0.3, 0.4) is 0 Å². The van der Waals surface area contributed by atoms with Crippen LogP contribution in [0.1, 0.15) is 55.5 Å². The summed E-state index contributed by atoms with van der Waals surface area (Å²) in [6.07, 6.45) is 0. The van der Waals surface area contributed by atoms with E-state index in [2.05, 4.69) is 211 Å². The molecule has 0 fully saturated rings. The normalized spacial score (nSPS) is 14.5. The fraction of sp³-hybridized carbons (Fsp3) is 0.119. The molecule has 0 unspecified atom stereocenters. The summed E-state index contributed by atoms with van der Waals surface area (Å²) in [5, 5.41) is 10.3. The van der Waals surface area contributed by atoms with Crippen molar-refractivity contribution in [2.75, 3.05) is 0 Å². The van der Waals surface area contributed by atoms with Gasteiger partial charge in [0.05, 0.1) is 0 Å². The molecule has 10 aromatic carbocycles. The molecule has 2 aliphatic carbocycles. The second kappa shape index (κ2) is 12.1. The summed E-state index contributed by atoms with van der Waals surface area (Å²) in [5.41, 5.74) is 19.8. The molecular weight excluding hydrogens is 709 g/mol. The second-order valence-electron chi connectivity index (χ2n) is 18.1. The largest absolute Gasteiger partial charge is 0.0619 e. The lowest BCUT2D eigenvalue weighted by Gasteiger charge is -2.23. The molecule has 0 heterocycles. The van der Waals surface area contributed by atoms with Crippen molar-refractivity contribution in [2.45, 2.75) is 45.4 Å². The highest BCUT2D eigenvalue weighted by atomic mass is 14.4. The first-order valence-electron chi connectivity index (χ1n) is 21.1. The second-order valence-corrected chi connectivity index (χ2v) is 18.1. The maximum absolute atomic E-state index is 2.50. The molecule has 0 bridgehead atoms. The van der Waals surface area contributed by atoms with Crippen LogP contribution < -0.4 is 0 Å². The van der Waals surface area contributed by atoms with E-state index in [0.29, 0.717) is 0 Å². The average Bonchev–Trinajstić information content (AvgIpc) is 3.64. The van der Waals surface area contributed by atoms with Gasteiger partial charge in [-0.2, -0.15) is 0 Å². The van der Waals surface area contributed by atoms with Crippen LogP contribution in [0.4, 0.5) is 0 Å². The number of aryl methyl sites for hydroxylation is 1. The Hall–Kier alpha value is -6.76. The van der Waals surface area contributed by atoms with E-state index in [9.17, 15) is 0 Å². The van der Waals surface area contributed by atoms with E-state index in [1.54, 1.807) is 0 Å². The van der Waals surface area contributed by atoms with Crippen molar-refractivity contribution in [2.24, 2.45) is 0 Å². The average molecular weight is 753 g/mol. The number of fused-ring (bicyclic) bond motifs is 12. The van der Waals surface area contributed by atoms with Crippen LogP contribution in [0.5, 0.6) is 0 Å². The van der Waals surface area contributed by atoms with Gasteiger partial charge in [-0.05, 0) is 170 Å². The summed E-state index contributed by atoms with van der Waals surface area (Å²) >= 11 is 0. The van der Waals surface area contributed by atoms with E-state index < -0.39 is 0 Å². The molecule has 0 aliphatic heterocycles. The molecule has 59 heavy (non-hydrogen) atoms. The van der Waals surface area contributed by atoms with Gasteiger partial charge in [0.2, 0.25) is 0 Å². The highest BCUT2D eigenvalue weighted by Crippen LogP contribution is 2.53. The third-order valence-electron chi connectivity index (χ3n) is 14.2. The first-order valence-corrected chi connectivity index (χ1v) is 21.1. The third kappa shape index (κ3) is 4.84. The summed E-state index contributed by atoms with van der Waals surface area (Å²) in [5.74, 6) is 0. The van der Waals surface area contributed by atoms with Crippen LogP contribution in [-0.4, -0.2) is 0 Å². The van der Waals surface area contributed by atoms with Crippen molar-refractivity contribution < 1.29 is 0 Å². The molecule has 0 radical (unpaired) electrons. The Labute approximate surface area is 346 Å². The zero-order valence-corrected chi connectivity index (χ0v) is 34.2. The molecular formula is C59H44. The number of rotatable bonds is 3. The summed E-state index contributed by atoms with van der Waals surface area (Å²) in [7, 11) is 0. The van der Waals surface area contributed by atoms with Crippen molar-refractivity contribution in [1.82, 2.24) is 0 Å². The maximum Gasteiger partial charge on any atom is 0.0159 e. The maximum atomic E-state index is 2.50. The summed E-state index contributed by atoms with van der Waals surface area (Å²) in [4.78, 5) is 0. The Morgan fingerprint density at radius 3 is 1.36 bits per heavy atom.